The first kappa shape index (κ1) is 20.9. The minimum Gasteiger partial charge on any atom is -0.493 e. The molecule has 0 heterocycles. The summed E-state index contributed by atoms with van der Waals surface area (Å²) in [6, 6.07) is 10.8. The van der Waals surface area contributed by atoms with Crippen LogP contribution in [0.1, 0.15) is 15.9 Å². The molecule has 0 spiro atoms. The Hall–Kier alpha value is -3.42. The molecule has 0 aliphatic rings. The number of ether oxygens (including phenoxy) is 2. The van der Waals surface area contributed by atoms with Crippen LogP contribution in [0.15, 0.2) is 48.5 Å². The molecule has 0 fully saturated rings. The summed E-state index contributed by atoms with van der Waals surface area (Å²) in [5.41, 5.74) is 1.61. The van der Waals surface area contributed by atoms with Gasteiger partial charge in [-0.05, 0) is 48.0 Å². The van der Waals surface area contributed by atoms with E-state index in [2.05, 4.69) is 10.1 Å². The van der Waals surface area contributed by atoms with Gasteiger partial charge in [-0.3, -0.25) is 9.59 Å². The minimum absolute atomic E-state index is 0.0912. The third-order valence-electron chi connectivity index (χ3n) is 3.64. The molecular weight excluding hydrogens is 370 g/mol. The number of hydrogen-bond acceptors (Lipinski definition) is 4. The quantitative estimate of drug-likeness (QED) is 0.733. The standard InChI is InChI=1S/C20H20F2N2O4/c1-24(2)19(26)14-6-8-15(9-7-14)23-18(25)11-5-13-4-10-16(28-20(21)22)17(12-13)27-3/h4-12,20H,1-3H3,(H,23,25)/b11-5+. The summed E-state index contributed by atoms with van der Waals surface area (Å²) in [7, 11) is 4.65. The molecular formula is C20H20F2N2O4. The average molecular weight is 390 g/mol. The zero-order valence-electron chi connectivity index (χ0n) is 15.6. The monoisotopic (exact) mass is 390 g/mol. The molecule has 0 bridgehead atoms. The molecule has 28 heavy (non-hydrogen) atoms. The van der Waals surface area contributed by atoms with Crippen molar-refractivity contribution in [1.29, 1.82) is 0 Å². The number of carbonyl (C=O) groups excluding carboxylic acids is 2. The average Bonchev–Trinajstić information content (AvgIpc) is 2.66. The van der Waals surface area contributed by atoms with E-state index in [0.717, 1.165) is 0 Å². The highest BCUT2D eigenvalue weighted by Crippen LogP contribution is 2.29. The van der Waals surface area contributed by atoms with Crippen LogP contribution in [-0.4, -0.2) is 44.5 Å². The molecule has 0 saturated carbocycles. The zero-order chi connectivity index (χ0) is 20.7. The van der Waals surface area contributed by atoms with E-state index >= 15 is 0 Å². The molecule has 2 aromatic rings. The molecule has 2 amide bonds. The van der Waals surface area contributed by atoms with Crippen LogP contribution in [0.25, 0.3) is 6.08 Å². The van der Waals surface area contributed by atoms with E-state index in [9.17, 15) is 18.4 Å². The lowest BCUT2D eigenvalue weighted by molar-refractivity contribution is -0.111. The lowest BCUT2D eigenvalue weighted by atomic mass is 10.1. The number of nitrogens with one attached hydrogen (secondary N) is 1. The summed E-state index contributed by atoms with van der Waals surface area (Å²) in [6.45, 7) is -2.96. The third-order valence-corrected chi connectivity index (χ3v) is 3.64. The van der Waals surface area contributed by atoms with Crippen LogP contribution in [0, 0.1) is 0 Å². The van der Waals surface area contributed by atoms with E-state index in [1.54, 1.807) is 38.4 Å². The van der Waals surface area contributed by atoms with Crippen LogP contribution >= 0.6 is 0 Å². The van der Waals surface area contributed by atoms with Gasteiger partial charge in [-0.1, -0.05) is 6.07 Å². The van der Waals surface area contributed by atoms with E-state index in [4.69, 9.17) is 4.74 Å². The number of halogens is 2. The smallest absolute Gasteiger partial charge is 0.387 e. The molecule has 0 saturated heterocycles. The Kier molecular flexibility index (Phi) is 7.08. The van der Waals surface area contributed by atoms with Crippen molar-refractivity contribution >= 4 is 23.6 Å². The fraction of sp³-hybridized carbons (Fsp3) is 0.200. The zero-order valence-corrected chi connectivity index (χ0v) is 15.6. The molecule has 148 valence electrons. The van der Waals surface area contributed by atoms with Gasteiger partial charge in [-0.2, -0.15) is 8.78 Å². The fourth-order valence-electron chi connectivity index (χ4n) is 2.29. The first-order valence-corrected chi connectivity index (χ1v) is 8.24. The van der Waals surface area contributed by atoms with Gasteiger partial charge in [-0.25, -0.2) is 0 Å². The number of methoxy groups -OCH3 is 1. The summed E-state index contributed by atoms with van der Waals surface area (Å²) >= 11 is 0. The van der Waals surface area contributed by atoms with Gasteiger partial charge in [-0.15, -0.1) is 0 Å². The second-order valence-electron chi connectivity index (χ2n) is 5.89. The van der Waals surface area contributed by atoms with E-state index in [1.807, 2.05) is 0 Å². The van der Waals surface area contributed by atoms with Crippen LogP contribution in [0.2, 0.25) is 0 Å². The lowest BCUT2D eigenvalue weighted by Crippen LogP contribution is -2.21. The summed E-state index contributed by atoms with van der Waals surface area (Å²) in [6.07, 6.45) is 2.80. The van der Waals surface area contributed by atoms with Gasteiger partial charge in [0, 0.05) is 31.4 Å². The molecule has 0 atom stereocenters. The first-order chi connectivity index (χ1) is 13.3. The van der Waals surface area contributed by atoms with Crippen molar-refractivity contribution in [1.82, 2.24) is 4.90 Å². The number of nitrogens with zero attached hydrogens (tertiary/aromatic N) is 1. The van der Waals surface area contributed by atoms with Crippen LogP contribution < -0.4 is 14.8 Å². The minimum atomic E-state index is -2.96. The molecule has 2 aromatic carbocycles. The molecule has 1 N–H and O–H groups in total. The third kappa shape index (κ3) is 5.80. The van der Waals surface area contributed by atoms with E-state index < -0.39 is 12.5 Å². The predicted molar refractivity (Wildman–Crippen MR) is 102 cm³/mol. The van der Waals surface area contributed by atoms with Gasteiger partial charge in [0.1, 0.15) is 0 Å². The maximum atomic E-state index is 12.3. The van der Waals surface area contributed by atoms with Crippen molar-refractivity contribution in [3.05, 3.63) is 59.7 Å². The maximum Gasteiger partial charge on any atom is 0.387 e. The molecule has 0 aliphatic heterocycles. The topological polar surface area (TPSA) is 67.9 Å². The van der Waals surface area contributed by atoms with Gasteiger partial charge < -0.3 is 19.7 Å². The fourth-order valence-corrected chi connectivity index (χ4v) is 2.29. The molecule has 0 unspecified atom stereocenters. The summed E-state index contributed by atoms with van der Waals surface area (Å²) in [5, 5.41) is 2.67. The summed E-state index contributed by atoms with van der Waals surface area (Å²) in [4.78, 5) is 25.4. The van der Waals surface area contributed by atoms with E-state index in [-0.39, 0.29) is 17.4 Å². The molecule has 2 rings (SSSR count). The molecule has 0 aromatic heterocycles. The van der Waals surface area contributed by atoms with Crippen molar-refractivity contribution in [3.8, 4) is 11.5 Å². The number of hydrogen-bond donors (Lipinski definition) is 1. The number of amides is 2. The Labute approximate surface area is 161 Å². The Bertz CT molecular complexity index is 865. The Balaban J connectivity index is 2.02. The van der Waals surface area contributed by atoms with Gasteiger partial charge >= 0.3 is 6.61 Å². The van der Waals surface area contributed by atoms with Crippen LogP contribution in [0.3, 0.4) is 0 Å². The normalized spacial score (nSPS) is 10.8. The number of rotatable bonds is 7. The van der Waals surface area contributed by atoms with Gasteiger partial charge in [0.25, 0.3) is 5.91 Å². The van der Waals surface area contributed by atoms with Crippen molar-refractivity contribution < 1.29 is 27.8 Å². The van der Waals surface area contributed by atoms with Gasteiger partial charge in [0.2, 0.25) is 5.91 Å². The molecule has 8 heteroatoms. The molecule has 0 aliphatic carbocycles. The highest BCUT2D eigenvalue weighted by atomic mass is 19.3. The van der Waals surface area contributed by atoms with E-state index in [1.165, 1.54) is 42.4 Å². The van der Waals surface area contributed by atoms with Crippen molar-refractivity contribution in [2.45, 2.75) is 6.61 Å². The van der Waals surface area contributed by atoms with Crippen molar-refractivity contribution in [2.75, 3.05) is 26.5 Å². The van der Waals surface area contributed by atoms with Crippen LogP contribution in [0.5, 0.6) is 11.5 Å². The van der Waals surface area contributed by atoms with Crippen molar-refractivity contribution in [3.63, 3.8) is 0 Å². The number of benzene rings is 2. The summed E-state index contributed by atoms with van der Waals surface area (Å²) < 4.78 is 34.0. The van der Waals surface area contributed by atoms with Gasteiger partial charge in [0.15, 0.2) is 11.5 Å². The second-order valence-corrected chi connectivity index (χ2v) is 5.89. The van der Waals surface area contributed by atoms with Gasteiger partial charge in [0.05, 0.1) is 7.11 Å². The Morgan fingerprint density at radius 1 is 1.07 bits per heavy atom. The van der Waals surface area contributed by atoms with Crippen molar-refractivity contribution in [2.24, 2.45) is 0 Å². The van der Waals surface area contributed by atoms with Crippen LogP contribution in [-0.2, 0) is 4.79 Å². The molecule has 6 nitrogen and oxygen atoms in total. The maximum absolute atomic E-state index is 12.3. The number of carbonyl (C=O) groups is 2. The van der Waals surface area contributed by atoms with E-state index in [0.29, 0.717) is 16.8 Å². The number of anilines is 1. The predicted octanol–water partition coefficient (Wildman–Crippen LogP) is 3.65. The lowest BCUT2D eigenvalue weighted by Gasteiger charge is -2.10. The Morgan fingerprint density at radius 2 is 1.75 bits per heavy atom. The molecule has 0 radical (unpaired) electrons. The SMILES string of the molecule is COc1cc(/C=C/C(=O)Nc2ccc(C(=O)N(C)C)cc2)ccc1OC(F)F. The highest BCUT2D eigenvalue weighted by molar-refractivity contribution is 6.02. The second kappa shape index (κ2) is 9.50. The summed E-state index contributed by atoms with van der Waals surface area (Å²) in [5.74, 6) is -0.486. The number of alkyl halides is 2. The largest absolute Gasteiger partial charge is 0.493 e. The van der Waals surface area contributed by atoms with Crippen LogP contribution in [0.4, 0.5) is 14.5 Å². The Morgan fingerprint density at radius 3 is 2.32 bits per heavy atom. The first-order valence-electron chi connectivity index (χ1n) is 8.24. The highest BCUT2D eigenvalue weighted by Gasteiger charge is 2.11.